The molecule has 0 atom stereocenters. The Morgan fingerprint density at radius 2 is 1.77 bits per heavy atom. The van der Waals surface area contributed by atoms with Crippen molar-refractivity contribution < 1.29 is 13.6 Å². The number of halogens is 4. The van der Waals surface area contributed by atoms with Crippen LogP contribution in [0.25, 0.3) is 0 Å². The molecular weight excluding hydrogens is 385 g/mol. The van der Waals surface area contributed by atoms with Crippen LogP contribution >= 0.6 is 23.2 Å². The molecule has 2 N–H and O–H groups in total. The Morgan fingerprint density at radius 3 is 2.46 bits per heavy atom. The van der Waals surface area contributed by atoms with Gasteiger partial charge in [-0.2, -0.15) is 0 Å². The SMILES string of the molecule is O=C(Nc1c(F)cccc1F)c1ccnc(Nc2ccc(Cl)cc2Cl)n1. The highest BCUT2D eigenvalue weighted by molar-refractivity contribution is 6.36. The Labute approximate surface area is 157 Å². The number of amides is 1. The lowest BCUT2D eigenvalue weighted by Gasteiger charge is -2.09. The number of nitrogens with one attached hydrogen (secondary N) is 2. The van der Waals surface area contributed by atoms with E-state index >= 15 is 0 Å². The highest BCUT2D eigenvalue weighted by Gasteiger charge is 2.15. The molecular formula is C17H10Cl2F2N4O. The van der Waals surface area contributed by atoms with Gasteiger partial charge in [0.25, 0.3) is 5.91 Å². The van der Waals surface area contributed by atoms with E-state index in [1.165, 1.54) is 24.4 Å². The van der Waals surface area contributed by atoms with Crippen molar-refractivity contribution >= 4 is 46.4 Å². The minimum absolute atomic E-state index is 0.0795. The summed E-state index contributed by atoms with van der Waals surface area (Å²) in [6.45, 7) is 0. The van der Waals surface area contributed by atoms with Crippen molar-refractivity contribution in [2.45, 2.75) is 0 Å². The van der Waals surface area contributed by atoms with Crippen molar-refractivity contribution in [3.8, 4) is 0 Å². The standard InChI is InChI=1S/C17H10Cl2F2N4O/c18-9-4-5-13(10(19)8-9)23-17-22-7-6-14(24-17)16(26)25-15-11(20)2-1-3-12(15)21/h1-8H,(H,25,26)(H,22,23,24). The molecule has 3 aromatic rings. The van der Waals surface area contributed by atoms with Gasteiger partial charge >= 0.3 is 0 Å². The van der Waals surface area contributed by atoms with Gasteiger partial charge in [-0.25, -0.2) is 18.7 Å². The Bertz CT molecular complexity index is 964. The summed E-state index contributed by atoms with van der Waals surface area (Å²) in [5, 5.41) is 5.79. The smallest absolute Gasteiger partial charge is 0.274 e. The van der Waals surface area contributed by atoms with Gasteiger partial charge < -0.3 is 10.6 Å². The summed E-state index contributed by atoms with van der Waals surface area (Å²) in [6.07, 6.45) is 1.33. The lowest BCUT2D eigenvalue weighted by atomic mass is 10.2. The Balaban J connectivity index is 1.81. The number of anilines is 3. The van der Waals surface area contributed by atoms with E-state index in [9.17, 15) is 13.6 Å². The number of carbonyl (C=O) groups excluding carboxylic acids is 1. The van der Waals surface area contributed by atoms with Crippen molar-refractivity contribution in [2.24, 2.45) is 0 Å². The molecule has 2 aromatic carbocycles. The van der Waals surface area contributed by atoms with E-state index in [4.69, 9.17) is 23.2 Å². The van der Waals surface area contributed by atoms with E-state index in [1.807, 2.05) is 0 Å². The summed E-state index contributed by atoms with van der Waals surface area (Å²) in [6, 6.07) is 9.35. The number of hydrogen-bond donors (Lipinski definition) is 2. The molecule has 0 bridgehead atoms. The second-order valence-electron chi connectivity index (χ2n) is 5.07. The Kier molecular flexibility index (Phi) is 5.29. The van der Waals surface area contributed by atoms with Gasteiger partial charge in [-0.05, 0) is 36.4 Å². The van der Waals surface area contributed by atoms with Gasteiger partial charge in [-0.3, -0.25) is 4.79 Å². The van der Waals surface area contributed by atoms with Crippen LogP contribution in [0, 0.1) is 11.6 Å². The van der Waals surface area contributed by atoms with E-state index < -0.39 is 23.2 Å². The van der Waals surface area contributed by atoms with Gasteiger partial charge in [0.1, 0.15) is 23.0 Å². The molecule has 0 radical (unpaired) electrons. The minimum atomic E-state index is -0.890. The summed E-state index contributed by atoms with van der Waals surface area (Å²) < 4.78 is 27.3. The van der Waals surface area contributed by atoms with Crippen LogP contribution in [0.5, 0.6) is 0 Å². The summed E-state index contributed by atoms with van der Waals surface area (Å²) in [5.41, 5.74) is -0.157. The minimum Gasteiger partial charge on any atom is -0.323 e. The van der Waals surface area contributed by atoms with Crippen LogP contribution in [0.3, 0.4) is 0 Å². The molecule has 0 saturated carbocycles. The van der Waals surface area contributed by atoms with E-state index in [0.29, 0.717) is 15.7 Å². The number of benzene rings is 2. The topological polar surface area (TPSA) is 66.9 Å². The second kappa shape index (κ2) is 7.63. The lowest BCUT2D eigenvalue weighted by Crippen LogP contribution is -2.16. The van der Waals surface area contributed by atoms with Crippen molar-refractivity contribution in [3.63, 3.8) is 0 Å². The van der Waals surface area contributed by atoms with Gasteiger partial charge in [0.05, 0.1) is 10.7 Å². The maximum absolute atomic E-state index is 13.6. The van der Waals surface area contributed by atoms with E-state index in [2.05, 4.69) is 20.6 Å². The number of nitrogens with zero attached hydrogens (tertiary/aromatic N) is 2. The number of aromatic nitrogens is 2. The number of hydrogen-bond acceptors (Lipinski definition) is 4. The van der Waals surface area contributed by atoms with Gasteiger partial charge in [-0.1, -0.05) is 29.3 Å². The molecule has 0 fully saturated rings. The second-order valence-corrected chi connectivity index (χ2v) is 5.91. The molecule has 0 saturated heterocycles. The monoisotopic (exact) mass is 394 g/mol. The first kappa shape index (κ1) is 18.0. The normalized spacial score (nSPS) is 10.5. The van der Waals surface area contributed by atoms with Crippen LogP contribution in [-0.4, -0.2) is 15.9 Å². The highest BCUT2D eigenvalue weighted by Crippen LogP contribution is 2.27. The van der Waals surface area contributed by atoms with Crippen molar-refractivity contribution in [1.82, 2.24) is 9.97 Å². The number of rotatable bonds is 4. The Morgan fingerprint density at radius 1 is 1.04 bits per heavy atom. The average molecular weight is 395 g/mol. The highest BCUT2D eigenvalue weighted by atomic mass is 35.5. The molecule has 132 valence electrons. The predicted molar refractivity (Wildman–Crippen MR) is 96.1 cm³/mol. The summed E-state index contributed by atoms with van der Waals surface area (Å²) in [4.78, 5) is 20.2. The third-order valence-corrected chi connectivity index (χ3v) is 3.81. The van der Waals surface area contributed by atoms with Crippen molar-refractivity contribution in [3.05, 3.63) is 76.0 Å². The van der Waals surface area contributed by atoms with Gasteiger partial charge in [0.15, 0.2) is 0 Å². The van der Waals surface area contributed by atoms with Crippen LogP contribution in [-0.2, 0) is 0 Å². The first-order chi connectivity index (χ1) is 12.4. The van der Waals surface area contributed by atoms with Crippen molar-refractivity contribution in [2.75, 3.05) is 10.6 Å². The fourth-order valence-electron chi connectivity index (χ4n) is 2.05. The van der Waals surface area contributed by atoms with E-state index in [-0.39, 0.29) is 11.6 Å². The zero-order valence-electron chi connectivity index (χ0n) is 12.9. The largest absolute Gasteiger partial charge is 0.323 e. The molecule has 0 unspecified atom stereocenters. The third kappa shape index (κ3) is 4.07. The van der Waals surface area contributed by atoms with Gasteiger partial charge in [-0.15, -0.1) is 0 Å². The zero-order valence-corrected chi connectivity index (χ0v) is 14.4. The van der Waals surface area contributed by atoms with Gasteiger partial charge in [0.2, 0.25) is 5.95 Å². The molecule has 9 heteroatoms. The van der Waals surface area contributed by atoms with E-state index in [1.54, 1.807) is 12.1 Å². The number of carbonyl (C=O) groups is 1. The van der Waals surface area contributed by atoms with Crippen LogP contribution in [0.4, 0.5) is 26.1 Å². The Hall–Kier alpha value is -2.77. The molecule has 0 aliphatic rings. The average Bonchev–Trinajstić information content (AvgIpc) is 2.61. The molecule has 0 aliphatic heterocycles. The summed E-state index contributed by atoms with van der Waals surface area (Å²) in [7, 11) is 0. The fourth-order valence-corrected chi connectivity index (χ4v) is 2.51. The van der Waals surface area contributed by atoms with Crippen molar-refractivity contribution in [1.29, 1.82) is 0 Å². The van der Waals surface area contributed by atoms with E-state index in [0.717, 1.165) is 12.1 Å². The fraction of sp³-hybridized carbons (Fsp3) is 0. The number of para-hydroxylation sites is 1. The molecule has 1 heterocycles. The molecule has 1 aromatic heterocycles. The lowest BCUT2D eigenvalue weighted by molar-refractivity contribution is 0.102. The zero-order chi connectivity index (χ0) is 18.7. The molecule has 1 amide bonds. The predicted octanol–water partition coefficient (Wildman–Crippen LogP) is 5.06. The van der Waals surface area contributed by atoms with Crippen LogP contribution in [0.15, 0.2) is 48.7 Å². The molecule has 0 spiro atoms. The quantitative estimate of drug-likeness (QED) is 0.648. The first-order valence-corrected chi connectivity index (χ1v) is 8.00. The van der Waals surface area contributed by atoms with Crippen LogP contribution in [0.2, 0.25) is 10.0 Å². The molecule has 26 heavy (non-hydrogen) atoms. The molecule has 5 nitrogen and oxygen atoms in total. The maximum Gasteiger partial charge on any atom is 0.274 e. The summed E-state index contributed by atoms with van der Waals surface area (Å²) >= 11 is 11.9. The van der Waals surface area contributed by atoms with Gasteiger partial charge in [0, 0.05) is 11.2 Å². The first-order valence-electron chi connectivity index (χ1n) is 7.24. The molecule has 3 rings (SSSR count). The van der Waals surface area contributed by atoms with Crippen LogP contribution < -0.4 is 10.6 Å². The maximum atomic E-state index is 13.6. The summed E-state index contributed by atoms with van der Waals surface area (Å²) in [5.74, 6) is -2.49. The third-order valence-electron chi connectivity index (χ3n) is 3.27. The van der Waals surface area contributed by atoms with Crippen LogP contribution in [0.1, 0.15) is 10.5 Å². The molecule has 0 aliphatic carbocycles.